The van der Waals surface area contributed by atoms with Crippen molar-refractivity contribution in [3.8, 4) is 0 Å². The Kier molecular flexibility index (Phi) is 23.4. The van der Waals surface area contributed by atoms with Crippen LogP contribution in [0.25, 0.3) is 0 Å². The molecule has 34 heavy (non-hydrogen) atoms. The lowest BCUT2D eigenvalue weighted by molar-refractivity contribution is 0.155. The van der Waals surface area contributed by atoms with Crippen LogP contribution in [0.5, 0.6) is 0 Å². The number of hydrogen-bond donors (Lipinski definition) is 0. The monoisotopic (exact) mass is 479 g/mol. The summed E-state index contributed by atoms with van der Waals surface area (Å²) in [5.41, 5.74) is 0. The molecule has 0 aromatic heterocycles. The second-order valence-electron chi connectivity index (χ2n) is 12.2. The zero-order valence-electron chi connectivity index (χ0n) is 25.6. The maximum atomic E-state index is 2.43. The zero-order chi connectivity index (χ0) is 25.6. The molecular weight excluding hydrogens is 408 g/mol. The van der Waals surface area contributed by atoms with E-state index >= 15 is 0 Å². The predicted octanol–water partition coefficient (Wildman–Crippen LogP) is 12.6. The molecule has 0 heterocycles. The minimum atomic E-state index is 1.02. The summed E-state index contributed by atoms with van der Waals surface area (Å²) in [6.45, 7) is 17.5. The first-order valence-corrected chi connectivity index (χ1v) is 16.5. The second-order valence-corrected chi connectivity index (χ2v) is 12.2. The second kappa shape index (κ2) is 23.4. The highest BCUT2D eigenvalue weighted by Gasteiger charge is 2.28. The van der Waals surface area contributed by atoms with Gasteiger partial charge in [0.15, 0.2) is 0 Å². The number of hydrogen-bond acceptors (Lipinski definition) is 0. The largest absolute Gasteiger partial charge is 0.0683 e. The van der Waals surface area contributed by atoms with E-state index in [2.05, 4.69) is 27.7 Å². The molecule has 0 nitrogen and oxygen atoms in total. The molecule has 0 unspecified atom stereocenters. The lowest BCUT2D eigenvalue weighted by Gasteiger charge is -2.36. The van der Waals surface area contributed by atoms with Gasteiger partial charge < -0.3 is 0 Å². The summed E-state index contributed by atoms with van der Waals surface area (Å²) in [6, 6.07) is 0. The molecule has 0 heteroatoms. The lowest BCUT2D eigenvalue weighted by atomic mass is 9.70. The molecule has 0 aromatic carbocycles. The van der Waals surface area contributed by atoms with Crippen molar-refractivity contribution >= 4 is 0 Å². The van der Waals surface area contributed by atoms with Gasteiger partial charge in [-0.3, -0.25) is 0 Å². The first-order valence-electron chi connectivity index (χ1n) is 16.5. The molecular formula is C34H70. The van der Waals surface area contributed by atoms with E-state index < -0.39 is 0 Å². The van der Waals surface area contributed by atoms with Gasteiger partial charge in [0.2, 0.25) is 0 Å². The van der Waals surface area contributed by atoms with Crippen LogP contribution < -0.4 is 0 Å². The third-order valence-electron chi connectivity index (χ3n) is 9.08. The van der Waals surface area contributed by atoms with Crippen LogP contribution in [-0.4, -0.2) is 0 Å². The highest BCUT2D eigenvalue weighted by atomic mass is 14.3. The van der Waals surface area contributed by atoms with Crippen molar-refractivity contribution in [3.63, 3.8) is 0 Å². The average Bonchev–Trinajstić information content (AvgIpc) is 3.51. The summed E-state index contributed by atoms with van der Waals surface area (Å²) < 4.78 is 0. The summed E-state index contributed by atoms with van der Waals surface area (Å²) in [7, 11) is 0. The van der Waals surface area contributed by atoms with E-state index in [1.54, 1.807) is 25.7 Å². The Labute approximate surface area is 219 Å². The summed E-state index contributed by atoms with van der Waals surface area (Å²) in [5.74, 6) is 6.36. The third-order valence-corrected chi connectivity index (χ3v) is 9.08. The smallest absolute Gasteiger partial charge is 0.0386 e. The van der Waals surface area contributed by atoms with Crippen molar-refractivity contribution < 1.29 is 0 Å². The van der Waals surface area contributed by atoms with Gasteiger partial charge in [-0.05, 0) is 61.2 Å². The summed E-state index contributed by atoms with van der Waals surface area (Å²) in [6.07, 6.45) is 30.1. The molecule has 5 aliphatic rings. The molecule has 0 radical (unpaired) electrons. The van der Waals surface area contributed by atoms with Crippen molar-refractivity contribution in [2.75, 3.05) is 0 Å². The van der Waals surface area contributed by atoms with Crippen LogP contribution in [-0.2, 0) is 0 Å². The van der Waals surface area contributed by atoms with Gasteiger partial charge in [0, 0.05) is 0 Å². The lowest BCUT2D eigenvalue weighted by Crippen LogP contribution is -2.24. The first kappa shape index (κ1) is 34.0. The van der Waals surface area contributed by atoms with Crippen molar-refractivity contribution in [2.24, 2.45) is 35.5 Å². The van der Waals surface area contributed by atoms with E-state index in [4.69, 9.17) is 0 Å². The molecule has 5 saturated carbocycles. The molecule has 5 aliphatic carbocycles. The van der Waals surface area contributed by atoms with Gasteiger partial charge in [0.25, 0.3) is 0 Å². The Balaban J connectivity index is 0.000000454. The van der Waals surface area contributed by atoms with E-state index in [1.165, 1.54) is 103 Å². The van der Waals surface area contributed by atoms with Crippen LogP contribution in [0, 0.1) is 35.5 Å². The molecule has 0 spiro atoms. The molecule has 0 N–H and O–H groups in total. The molecule has 5 rings (SSSR count). The maximum Gasteiger partial charge on any atom is -0.0386 e. The van der Waals surface area contributed by atoms with Crippen molar-refractivity contribution in [1.82, 2.24) is 0 Å². The Morgan fingerprint density at radius 3 is 0.618 bits per heavy atom. The molecule has 0 aliphatic heterocycles. The quantitative estimate of drug-likeness (QED) is 0.351. The minimum absolute atomic E-state index is 1.02. The predicted molar refractivity (Wildman–Crippen MR) is 159 cm³/mol. The van der Waals surface area contributed by atoms with Crippen LogP contribution in [0.4, 0.5) is 0 Å². The fourth-order valence-electron chi connectivity index (χ4n) is 6.02. The number of rotatable bonds is 1. The van der Waals surface area contributed by atoms with Crippen molar-refractivity contribution in [2.45, 2.75) is 184 Å². The van der Waals surface area contributed by atoms with Crippen molar-refractivity contribution in [1.29, 1.82) is 0 Å². The highest BCUT2D eigenvalue weighted by molar-refractivity contribution is 4.80. The van der Waals surface area contributed by atoms with Crippen LogP contribution in [0.3, 0.4) is 0 Å². The Morgan fingerprint density at radius 1 is 0.265 bits per heavy atom. The molecule has 0 atom stereocenters. The molecule has 0 saturated heterocycles. The molecule has 0 amide bonds. The topological polar surface area (TPSA) is 0 Å². The van der Waals surface area contributed by atoms with E-state index in [1.807, 2.05) is 27.7 Å². The zero-order valence-corrected chi connectivity index (χ0v) is 25.6. The summed E-state index contributed by atoms with van der Waals surface area (Å²) in [5, 5.41) is 0. The SMILES string of the molecule is C1CCC1.CC.CC.CC1CCC(C2CCC(C)CC2)CC1.CC1CCCC1.CC1CCCC1. The van der Waals surface area contributed by atoms with E-state index in [-0.39, 0.29) is 0 Å². The summed E-state index contributed by atoms with van der Waals surface area (Å²) in [4.78, 5) is 0. The Bertz CT molecular complexity index is 329. The van der Waals surface area contributed by atoms with Crippen LogP contribution in [0.1, 0.15) is 184 Å². The molecule has 5 fully saturated rings. The normalized spacial score (nSPS) is 30.7. The van der Waals surface area contributed by atoms with Gasteiger partial charge in [-0.2, -0.15) is 0 Å². The summed E-state index contributed by atoms with van der Waals surface area (Å²) >= 11 is 0. The van der Waals surface area contributed by atoms with Crippen LogP contribution in [0.2, 0.25) is 0 Å². The average molecular weight is 479 g/mol. The molecule has 206 valence electrons. The van der Waals surface area contributed by atoms with E-state index in [9.17, 15) is 0 Å². The van der Waals surface area contributed by atoms with Crippen molar-refractivity contribution in [3.05, 3.63) is 0 Å². The van der Waals surface area contributed by atoms with E-state index in [0.717, 1.165) is 35.5 Å². The Morgan fingerprint density at radius 2 is 0.471 bits per heavy atom. The fraction of sp³-hybridized carbons (Fsp3) is 1.00. The van der Waals surface area contributed by atoms with Gasteiger partial charge in [-0.25, -0.2) is 0 Å². The van der Waals surface area contributed by atoms with Gasteiger partial charge in [0.1, 0.15) is 0 Å². The first-order chi connectivity index (χ1) is 16.5. The van der Waals surface area contributed by atoms with Crippen LogP contribution >= 0.6 is 0 Å². The molecule has 0 bridgehead atoms. The minimum Gasteiger partial charge on any atom is -0.0683 e. The van der Waals surface area contributed by atoms with Crippen LogP contribution in [0.15, 0.2) is 0 Å². The van der Waals surface area contributed by atoms with E-state index in [0.29, 0.717) is 0 Å². The molecule has 0 aromatic rings. The van der Waals surface area contributed by atoms with Gasteiger partial charge in [-0.1, -0.05) is 158 Å². The maximum absolute atomic E-state index is 2.43. The highest BCUT2D eigenvalue weighted by Crippen LogP contribution is 2.41. The Hall–Kier alpha value is 0. The van der Waals surface area contributed by atoms with Gasteiger partial charge in [-0.15, -0.1) is 0 Å². The standard InChI is InChI=1S/C14H26.2C6H12.C4H8.2C2H6/c1-11-3-7-13(8-4-11)14-9-5-12(2)6-10-14;2*1-6-4-2-3-5-6;1-2-4-3-1;2*1-2/h11-14H,3-10H2,1-2H3;2*6H,2-5H2,1H3;1-4H2;2*1-2H3. The third kappa shape index (κ3) is 17.4. The van der Waals surface area contributed by atoms with Gasteiger partial charge >= 0.3 is 0 Å². The fourth-order valence-corrected chi connectivity index (χ4v) is 6.02. The van der Waals surface area contributed by atoms with Gasteiger partial charge in [0.05, 0.1) is 0 Å².